The Morgan fingerprint density at radius 3 is 2.65 bits per heavy atom. The number of hydrogen-bond acceptors (Lipinski definition) is 3. The van der Waals surface area contributed by atoms with Gasteiger partial charge in [-0.25, -0.2) is 0 Å². The summed E-state index contributed by atoms with van der Waals surface area (Å²) in [5.41, 5.74) is 6.34. The number of nitrogens with one attached hydrogen (secondary N) is 1. The van der Waals surface area contributed by atoms with E-state index in [1.807, 2.05) is 0 Å². The Bertz CT molecular complexity index is 345. The van der Waals surface area contributed by atoms with E-state index in [1.54, 1.807) is 11.3 Å². The summed E-state index contributed by atoms with van der Waals surface area (Å²) in [4.78, 5) is 1.39. The van der Waals surface area contributed by atoms with Crippen molar-refractivity contribution in [2.45, 2.75) is 38.6 Å². The van der Waals surface area contributed by atoms with Gasteiger partial charge in [0.1, 0.15) is 0 Å². The lowest BCUT2D eigenvalue weighted by Gasteiger charge is -2.36. The minimum atomic E-state index is 0.368. The number of hydrogen-bond donors (Lipinski definition) is 2. The monoisotopic (exact) mass is 316 g/mol. The number of halogens is 1. The molecule has 1 aromatic heterocycles. The van der Waals surface area contributed by atoms with Gasteiger partial charge in [0.15, 0.2) is 0 Å². The van der Waals surface area contributed by atoms with E-state index in [4.69, 9.17) is 5.73 Å². The summed E-state index contributed by atoms with van der Waals surface area (Å²) >= 11 is 5.30. The Labute approximate surface area is 116 Å². The molecule has 17 heavy (non-hydrogen) atoms. The number of thiophene rings is 1. The highest BCUT2D eigenvalue weighted by atomic mass is 79.9. The molecule has 0 saturated heterocycles. The maximum atomic E-state index is 5.98. The topological polar surface area (TPSA) is 38.0 Å². The molecule has 0 spiro atoms. The van der Waals surface area contributed by atoms with Crippen molar-refractivity contribution in [1.82, 2.24) is 5.32 Å². The van der Waals surface area contributed by atoms with E-state index in [1.165, 1.54) is 40.8 Å². The molecule has 0 atom stereocenters. The second-order valence-electron chi connectivity index (χ2n) is 5.07. The van der Waals surface area contributed by atoms with Gasteiger partial charge in [0.25, 0.3) is 0 Å². The second-order valence-corrected chi connectivity index (χ2v) is 7.62. The van der Waals surface area contributed by atoms with Crippen molar-refractivity contribution < 1.29 is 0 Å². The number of nitrogens with two attached hydrogens (primary N) is 1. The van der Waals surface area contributed by atoms with Crippen LogP contribution in [0.25, 0.3) is 0 Å². The summed E-state index contributed by atoms with van der Waals surface area (Å²) in [6.07, 6.45) is 6.68. The van der Waals surface area contributed by atoms with Gasteiger partial charge in [-0.1, -0.05) is 19.3 Å². The van der Waals surface area contributed by atoms with Crippen LogP contribution in [-0.4, -0.2) is 13.1 Å². The van der Waals surface area contributed by atoms with Crippen molar-refractivity contribution in [3.05, 3.63) is 20.8 Å². The highest BCUT2D eigenvalue weighted by Gasteiger charge is 2.29. The third-order valence-corrected chi connectivity index (χ3v) is 5.40. The molecule has 4 heteroatoms. The first kappa shape index (κ1) is 13.5. The fourth-order valence-corrected chi connectivity index (χ4v) is 4.11. The lowest BCUT2D eigenvalue weighted by molar-refractivity contribution is 0.191. The Hall–Kier alpha value is 0.1000. The molecular weight excluding hydrogens is 296 g/mol. The second kappa shape index (κ2) is 6.32. The first-order chi connectivity index (χ1) is 8.24. The summed E-state index contributed by atoms with van der Waals surface area (Å²) in [6.45, 7) is 2.87. The average molecular weight is 317 g/mol. The molecule has 0 bridgehead atoms. The third kappa shape index (κ3) is 3.78. The maximum Gasteiger partial charge on any atom is 0.0701 e. The Balaban J connectivity index is 1.79. The zero-order valence-corrected chi connectivity index (χ0v) is 12.6. The Kier molecular flexibility index (Phi) is 5.03. The summed E-state index contributed by atoms with van der Waals surface area (Å²) in [7, 11) is 0. The Morgan fingerprint density at radius 2 is 2.06 bits per heavy atom. The minimum absolute atomic E-state index is 0.368. The van der Waals surface area contributed by atoms with Crippen LogP contribution in [0.3, 0.4) is 0 Å². The normalized spacial score (nSPS) is 19.4. The molecule has 1 saturated carbocycles. The molecule has 1 aliphatic carbocycles. The molecule has 1 aromatic rings. The molecule has 1 heterocycles. The molecule has 2 rings (SSSR count). The van der Waals surface area contributed by atoms with Crippen molar-refractivity contribution in [3.8, 4) is 0 Å². The molecule has 96 valence electrons. The van der Waals surface area contributed by atoms with Crippen LogP contribution in [0.4, 0.5) is 0 Å². The average Bonchev–Trinajstić information content (AvgIpc) is 2.76. The van der Waals surface area contributed by atoms with Gasteiger partial charge < -0.3 is 11.1 Å². The summed E-state index contributed by atoms with van der Waals surface area (Å²) in [5.74, 6) is 0. The van der Waals surface area contributed by atoms with Crippen molar-refractivity contribution >= 4 is 27.3 Å². The van der Waals surface area contributed by atoms with Crippen molar-refractivity contribution in [2.24, 2.45) is 11.1 Å². The van der Waals surface area contributed by atoms with Gasteiger partial charge in [0.05, 0.1) is 3.79 Å². The largest absolute Gasteiger partial charge is 0.330 e. The molecular formula is C13H21BrN2S. The van der Waals surface area contributed by atoms with E-state index in [2.05, 4.69) is 33.4 Å². The lowest BCUT2D eigenvalue weighted by atomic mass is 9.74. The van der Waals surface area contributed by atoms with Crippen LogP contribution >= 0.6 is 27.3 Å². The van der Waals surface area contributed by atoms with Gasteiger partial charge in [-0.2, -0.15) is 0 Å². The molecule has 0 radical (unpaired) electrons. The minimum Gasteiger partial charge on any atom is -0.330 e. The van der Waals surface area contributed by atoms with Gasteiger partial charge in [-0.3, -0.25) is 0 Å². The highest BCUT2D eigenvalue weighted by molar-refractivity contribution is 9.11. The summed E-state index contributed by atoms with van der Waals surface area (Å²) < 4.78 is 1.21. The summed E-state index contributed by atoms with van der Waals surface area (Å²) in [5, 5.41) is 3.59. The van der Waals surface area contributed by atoms with E-state index >= 15 is 0 Å². The predicted octanol–water partition coefficient (Wildman–Crippen LogP) is 3.51. The van der Waals surface area contributed by atoms with E-state index in [9.17, 15) is 0 Å². The van der Waals surface area contributed by atoms with Gasteiger partial charge in [0, 0.05) is 18.0 Å². The molecule has 0 aromatic carbocycles. The third-order valence-electron chi connectivity index (χ3n) is 3.78. The van der Waals surface area contributed by atoms with Crippen LogP contribution in [0.15, 0.2) is 15.9 Å². The zero-order chi connectivity index (χ0) is 12.1. The standard InChI is InChI=1S/C13H21BrN2S/c14-12-5-4-11(17-12)8-16-10-13(9-15)6-2-1-3-7-13/h4-5,16H,1-3,6-10,15H2. The first-order valence-corrected chi connectivity index (χ1v) is 8.00. The molecule has 0 aliphatic heterocycles. The molecule has 2 nitrogen and oxygen atoms in total. The van der Waals surface area contributed by atoms with Gasteiger partial charge in [0.2, 0.25) is 0 Å². The summed E-state index contributed by atoms with van der Waals surface area (Å²) in [6, 6.07) is 4.29. The van der Waals surface area contributed by atoms with Crippen molar-refractivity contribution in [3.63, 3.8) is 0 Å². The van der Waals surface area contributed by atoms with Crippen LogP contribution in [0, 0.1) is 5.41 Å². The fourth-order valence-electron chi connectivity index (χ4n) is 2.65. The van der Waals surface area contributed by atoms with Gasteiger partial charge in [-0.15, -0.1) is 11.3 Å². The van der Waals surface area contributed by atoms with E-state index in [-0.39, 0.29) is 0 Å². The lowest BCUT2D eigenvalue weighted by Crippen LogP contribution is -2.41. The van der Waals surface area contributed by atoms with Crippen LogP contribution in [-0.2, 0) is 6.54 Å². The SMILES string of the molecule is NCC1(CNCc2ccc(Br)s2)CCCCC1. The fraction of sp³-hybridized carbons (Fsp3) is 0.692. The quantitative estimate of drug-likeness (QED) is 0.872. The number of rotatable bonds is 5. The Morgan fingerprint density at radius 1 is 1.29 bits per heavy atom. The highest BCUT2D eigenvalue weighted by Crippen LogP contribution is 2.34. The van der Waals surface area contributed by atoms with E-state index in [0.717, 1.165) is 19.6 Å². The molecule has 0 amide bonds. The smallest absolute Gasteiger partial charge is 0.0701 e. The van der Waals surface area contributed by atoms with Crippen LogP contribution < -0.4 is 11.1 Å². The molecule has 3 N–H and O–H groups in total. The van der Waals surface area contributed by atoms with Crippen molar-refractivity contribution in [2.75, 3.05) is 13.1 Å². The molecule has 1 aliphatic rings. The van der Waals surface area contributed by atoms with E-state index in [0.29, 0.717) is 5.41 Å². The molecule has 0 unspecified atom stereocenters. The van der Waals surface area contributed by atoms with E-state index < -0.39 is 0 Å². The van der Waals surface area contributed by atoms with Crippen molar-refractivity contribution in [1.29, 1.82) is 0 Å². The molecule has 1 fully saturated rings. The van der Waals surface area contributed by atoms with Gasteiger partial charge in [-0.05, 0) is 52.9 Å². The van der Waals surface area contributed by atoms with Crippen LogP contribution in [0.1, 0.15) is 37.0 Å². The predicted molar refractivity (Wildman–Crippen MR) is 78.3 cm³/mol. The van der Waals surface area contributed by atoms with Crippen LogP contribution in [0.2, 0.25) is 0 Å². The first-order valence-electron chi connectivity index (χ1n) is 6.39. The van der Waals surface area contributed by atoms with Gasteiger partial charge >= 0.3 is 0 Å². The van der Waals surface area contributed by atoms with Crippen LogP contribution in [0.5, 0.6) is 0 Å². The maximum absolute atomic E-state index is 5.98. The zero-order valence-electron chi connectivity index (χ0n) is 10.2.